The number of aryl methyl sites for hydroxylation is 1. The van der Waals surface area contributed by atoms with Crippen LogP contribution in [0.25, 0.3) is 0 Å². The molecule has 0 spiro atoms. The fourth-order valence-electron chi connectivity index (χ4n) is 3.83. The predicted octanol–water partition coefficient (Wildman–Crippen LogP) is 4.25. The fourth-order valence-corrected chi connectivity index (χ4v) is 3.83. The summed E-state index contributed by atoms with van der Waals surface area (Å²) in [7, 11) is 1.88. The second-order valence-electron chi connectivity index (χ2n) is 8.44. The number of benzene rings is 1. The molecule has 0 amide bonds. The number of halogens is 1. The molecule has 0 bridgehead atoms. The lowest BCUT2D eigenvalue weighted by Crippen LogP contribution is -2.51. The molecule has 3 rings (SSSR count). The Morgan fingerprint density at radius 2 is 2.00 bits per heavy atom. The van der Waals surface area contributed by atoms with Gasteiger partial charge in [-0.15, -0.1) is 24.0 Å². The van der Waals surface area contributed by atoms with Gasteiger partial charge >= 0.3 is 0 Å². The molecule has 1 aliphatic rings. The van der Waals surface area contributed by atoms with Gasteiger partial charge in [0.05, 0.1) is 12.4 Å². The molecular weight excluding hydrogens is 461 g/mol. The van der Waals surface area contributed by atoms with Crippen molar-refractivity contribution in [1.82, 2.24) is 19.8 Å². The monoisotopic (exact) mass is 495 g/mol. The van der Waals surface area contributed by atoms with E-state index in [4.69, 9.17) is 0 Å². The smallest absolute Gasteiger partial charge is 0.193 e. The largest absolute Gasteiger partial charge is 0.355 e. The van der Waals surface area contributed by atoms with Crippen molar-refractivity contribution >= 4 is 29.9 Å². The number of hydrogen-bond acceptors (Lipinski definition) is 2. The minimum atomic E-state index is 0. The van der Waals surface area contributed by atoms with Crippen LogP contribution in [0.1, 0.15) is 44.4 Å². The molecule has 2 atom stereocenters. The summed E-state index contributed by atoms with van der Waals surface area (Å²) < 4.78 is 2.24. The standard InChI is InChI=1S/C22H33N5.HI/c1-17-6-8-19(9-7-17)22(3,4)15-25-21(23-5)26-12-10-18(2)20(14-26)27-13-11-24-16-27;/h6-9,11,13,16,18,20H,10,12,14-15H2,1-5H3,(H,23,25);1H. The third kappa shape index (κ3) is 5.27. The van der Waals surface area contributed by atoms with Crippen molar-refractivity contribution in [2.75, 3.05) is 26.7 Å². The summed E-state index contributed by atoms with van der Waals surface area (Å²) in [4.78, 5) is 11.2. The average Bonchev–Trinajstić information content (AvgIpc) is 3.18. The van der Waals surface area contributed by atoms with Crippen molar-refractivity contribution in [3.05, 3.63) is 54.1 Å². The van der Waals surface area contributed by atoms with Crippen molar-refractivity contribution in [3.63, 3.8) is 0 Å². The number of hydrogen-bond donors (Lipinski definition) is 1. The van der Waals surface area contributed by atoms with E-state index in [1.807, 2.05) is 19.6 Å². The maximum atomic E-state index is 4.57. The minimum Gasteiger partial charge on any atom is -0.355 e. The van der Waals surface area contributed by atoms with Gasteiger partial charge in [-0.3, -0.25) is 4.99 Å². The highest BCUT2D eigenvalue weighted by atomic mass is 127. The van der Waals surface area contributed by atoms with Gasteiger partial charge in [-0.05, 0) is 24.8 Å². The third-order valence-corrected chi connectivity index (χ3v) is 5.86. The van der Waals surface area contributed by atoms with Gasteiger partial charge in [0, 0.05) is 44.5 Å². The van der Waals surface area contributed by atoms with E-state index in [2.05, 4.69) is 82.9 Å². The maximum Gasteiger partial charge on any atom is 0.193 e. The summed E-state index contributed by atoms with van der Waals surface area (Å²) in [5, 5.41) is 3.62. The lowest BCUT2D eigenvalue weighted by molar-refractivity contribution is 0.188. The molecule has 0 radical (unpaired) electrons. The first-order valence-corrected chi connectivity index (χ1v) is 9.91. The minimum absolute atomic E-state index is 0. The third-order valence-electron chi connectivity index (χ3n) is 5.86. The molecule has 2 unspecified atom stereocenters. The fraction of sp³-hybridized carbons (Fsp3) is 0.545. The van der Waals surface area contributed by atoms with Crippen LogP contribution in [-0.4, -0.2) is 47.1 Å². The Balaban J connectivity index is 0.00000280. The number of nitrogens with one attached hydrogen (secondary N) is 1. The molecule has 28 heavy (non-hydrogen) atoms. The Labute approximate surface area is 186 Å². The Bertz CT molecular complexity index is 752. The van der Waals surface area contributed by atoms with Crippen LogP contribution in [0.3, 0.4) is 0 Å². The van der Waals surface area contributed by atoms with Gasteiger partial charge in [0.25, 0.3) is 0 Å². The van der Waals surface area contributed by atoms with Gasteiger partial charge in [0.1, 0.15) is 0 Å². The molecule has 2 aromatic rings. The summed E-state index contributed by atoms with van der Waals surface area (Å²) in [6, 6.07) is 9.28. The summed E-state index contributed by atoms with van der Waals surface area (Å²) >= 11 is 0. The van der Waals surface area contributed by atoms with E-state index in [0.29, 0.717) is 12.0 Å². The van der Waals surface area contributed by atoms with Crippen LogP contribution in [0.5, 0.6) is 0 Å². The average molecular weight is 495 g/mol. The number of likely N-dealkylation sites (tertiary alicyclic amines) is 1. The van der Waals surface area contributed by atoms with E-state index in [0.717, 1.165) is 32.0 Å². The van der Waals surface area contributed by atoms with Gasteiger partial charge in [-0.1, -0.05) is 50.6 Å². The summed E-state index contributed by atoms with van der Waals surface area (Å²) in [5.41, 5.74) is 2.68. The molecule has 154 valence electrons. The normalized spacial score (nSPS) is 20.6. The van der Waals surface area contributed by atoms with Crippen molar-refractivity contribution < 1.29 is 0 Å². The summed E-state index contributed by atoms with van der Waals surface area (Å²) in [6.45, 7) is 11.9. The van der Waals surface area contributed by atoms with Crippen LogP contribution in [0, 0.1) is 12.8 Å². The highest BCUT2D eigenvalue weighted by Crippen LogP contribution is 2.28. The molecule has 1 aliphatic heterocycles. The summed E-state index contributed by atoms with van der Waals surface area (Å²) in [5.74, 6) is 1.63. The first-order chi connectivity index (χ1) is 12.9. The van der Waals surface area contributed by atoms with E-state index < -0.39 is 0 Å². The number of nitrogens with zero attached hydrogens (tertiary/aromatic N) is 4. The molecule has 0 aliphatic carbocycles. The molecule has 2 heterocycles. The van der Waals surface area contributed by atoms with E-state index in [9.17, 15) is 0 Å². The molecule has 0 saturated carbocycles. The van der Waals surface area contributed by atoms with Crippen molar-refractivity contribution in [2.45, 2.75) is 45.6 Å². The van der Waals surface area contributed by atoms with E-state index in [1.165, 1.54) is 11.1 Å². The predicted molar refractivity (Wildman–Crippen MR) is 128 cm³/mol. The van der Waals surface area contributed by atoms with Crippen LogP contribution in [0.15, 0.2) is 48.0 Å². The molecule has 1 fully saturated rings. The number of imidazole rings is 1. The van der Waals surface area contributed by atoms with E-state index in [1.54, 1.807) is 0 Å². The van der Waals surface area contributed by atoms with Crippen molar-refractivity contribution in [3.8, 4) is 0 Å². The van der Waals surface area contributed by atoms with Gasteiger partial charge in [-0.25, -0.2) is 4.98 Å². The first kappa shape index (κ1) is 22.7. The molecule has 1 aromatic carbocycles. The van der Waals surface area contributed by atoms with Crippen molar-refractivity contribution in [1.29, 1.82) is 0 Å². The molecule has 1 aromatic heterocycles. The molecule has 5 nitrogen and oxygen atoms in total. The molecule has 1 N–H and O–H groups in total. The van der Waals surface area contributed by atoms with Crippen molar-refractivity contribution in [2.24, 2.45) is 10.9 Å². The van der Waals surface area contributed by atoms with Crippen LogP contribution < -0.4 is 5.32 Å². The van der Waals surface area contributed by atoms with Crippen LogP contribution in [-0.2, 0) is 5.41 Å². The van der Waals surface area contributed by atoms with Crippen LogP contribution >= 0.6 is 24.0 Å². The number of aromatic nitrogens is 2. The Morgan fingerprint density at radius 3 is 2.61 bits per heavy atom. The highest BCUT2D eigenvalue weighted by molar-refractivity contribution is 14.0. The number of guanidine groups is 1. The number of aliphatic imine (C=N–C) groups is 1. The van der Waals surface area contributed by atoms with Gasteiger partial charge in [0.15, 0.2) is 5.96 Å². The zero-order valence-electron chi connectivity index (χ0n) is 17.7. The number of piperidine rings is 1. The SMILES string of the molecule is CN=C(NCC(C)(C)c1ccc(C)cc1)N1CCC(C)C(n2ccnc2)C1.I. The molecular formula is C22H34IN5. The quantitative estimate of drug-likeness (QED) is 0.392. The number of rotatable bonds is 4. The second kappa shape index (κ2) is 9.76. The lowest BCUT2D eigenvalue weighted by atomic mass is 9.84. The summed E-state index contributed by atoms with van der Waals surface area (Å²) in [6.07, 6.45) is 7.02. The zero-order valence-corrected chi connectivity index (χ0v) is 20.1. The van der Waals surface area contributed by atoms with E-state index in [-0.39, 0.29) is 29.4 Å². The highest BCUT2D eigenvalue weighted by Gasteiger charge is 2.29. The Hall–Kier alpha value is -1.57. The van der Waals surface area contributed by atoms with Crippen LogP contribution in [0.4, 0.5) is 0 Å². The zero-order chi connectivity index (χ0) is 19.4. The first-order valence-electron chi connectivity index (χ1n) is 9.91. The van der Waals surface area contributed by atoms with Gasteiger partial charge in [0.2, 0.25) is 0 Å². The van der Waals surface area contributed by atoms with Gasteiger partial charge < -0.3 is 14.8 Å². The van der Waals surface area contributed by atoms with Gasteiger partial charge in [-0.2, -0.15) is 0 Å². The maximum absolute atomic E-state index is 4.57. The molecule has 6 heteroatoms. The van der Waals surface area contributed by atoms with E-state index >= 15 is 0 Å². The Kier molecular flexibility index (Phi) is 7.92. The lowest BCUT2D eigenvalue weighted by Gasteiger charge is -2.40. The Morgan fingerprint density at radius 1 is 1.29 bits per heavy atom. The topological polar surface area (TPSA) is 45.5 Å². The van der Waals surface area contributed by atoms with Crippen LogP contribution in [0.2, 0.25) is 0 Å². The molecule has 1 saturated heterocycles. The second-order valence-corrected chi connectivity index (χ2v) is 8.44.